The molecule has 6 rings (SSSR count). The molecular formula is C35H40F4N6O4S. The van der Waals surface area contributed by atoms with Gasteiger partial charge in [0.25, 0.3) is 10.2 Å². The highest BCUT2D eigenvalue weighted by Crippen LogP contribution is 2.34. The highest BCUT2D eigenvalue weighted by Gasteiger charge is 2.39. The lowest BCUT2D eigenvalue weighted by atomic mass is 9.84. The second kappa shape index (κ2) is 15.5. The quantitative estimate of drug-likeness (QED) is 0.228. The fraction of sp³-hybridized carbons (Fsp3) is 0.457. The molecular weight excluding hydrogens is 676 g/mol. The molecule has 2 aromatic carbocycles. The van der Waals surface area contributed by atoms with Gasteiger partial charge in [0, 0.05) is 62.2 Å². The molecule has 0 spiro atoms. The number of carbonyl (C=O) groups is 2. The summed E-state index contributed by atoms with van der Waals surface area (Å²) >= 11 is 0. The summed E-state index contributed by atoms with van der Waals surface area (Å²) in [6.07, 6.45) is 6.09. The summed E-state index contributed by atoms with van der Waals surface area (Å²) in [4.78, 5) is 31.2. The standard InChI is InChI=1S/C35H40F4N6O4S/c36-25-10-8-22(9-11-25)32(24-16-26(37)18-27(38)17-24)33(43-34(46)23-6-7-23)35(47)42-31-21-41-20-30(39)29(31)5-3-4-28-19-40-12-15-45(28)50(48,49)44-13-1-2-14-44/h8-11,16-18,20-21,23,28,32-33,40H,1-7,12-15,19H2,(H,42,47)(H,43,46)/t28-,32-,33-/m0/s1. The van der Waals surface area contributed by atoms with E-state index in [4.69, 9.17) is 0 Å². The number of rotatable bonds is 13. The first kappa shape index (κ1) is 35.9. The topological polar surface area (TPSA) is 124 Å². The maximum Gasteiger partial charge on any atom is 0.282 e. The molecule has 3 heterocycles. The van der Waals surface area contributed by atoms with E-state index in [0.29, 0.717) is 70.0 Å². The molecule has 2 saturated heterocycles. The molecule has 1 saturated carbocycles. The van der Waals surface area contributed by atoms with Crippen molar-refractivity contribution in [2.45, 2.75) is 62.9 Å². The van der Waals surface area contributed by atoms with E-state index in [1.165, 1.54) is 26.9 Å². The number of hydrogen-bond acceptors (Lipinski definition) is 6. The maximum absolute atomic E-state index is 15.3. The molecule has 3 aromatic rings. The van der Waals surface area contributed by atoms with Crippen molar-refractivity contribution in [1.29, 1.82) is 0 Å². The van der Waals surface area contributed by atoms with E-state index in [0.717, 1.165) is 43.3 Å². The van der Waals surface area contributed by atoms with Gasteiger partial charge in [0.1, 0.15) is 29.3 Å². The Morgan fingerprint density at radius 3 is 2.30 bits per heavy atom. The number of hydrogen-bond donors (Lipinski definition) is 3. The first-order valence-electron chi connectivity index (χ1n) is 16.9. The SMILES string of the molecule is O=C(N[C@H](C(=O)Nc1cncc(F)c1CCC[C@H]1CNCCN1S(=O)(=O)N1CCCC1)[C@@H](c1ccc(F)cc1)c1cc(F)cc(F)c1)C1CC1. The first-order valence-corrected chi connectivity index (χ1v) is 18.3. The fourth-order valence-corrected chi connectivity index (χ4v) is 8.72. The third-order valence-electron chi connectivity index (χ3n) is 9.55. The van der Waals surface area contributed by atoms with Crippen molar-refractivity contribution in [2.75, 3.05) is 38.0 Å². The molecule has 2 aliphatic heterocycles. The van der Waals surface area contributed by atoms with E-state index >= 15 is 4.39 Å². The summed E-state index contributed by atoms with van der Waals surface area (Å²) < 4.78 is 88.1. The zero-order chi connectivity index (χ0) is 35.4. The molecule has 0 radical (unpaired) electrons. The maximum atomic E-state index is 15.3. The van der Waals surface area contributed by atoms with Gasteiger partial charge >= 0.3 is 0 Å². The number of carbonyl (C=O) groups excluding carboxylic acids is 2. The van der Waals surface area contributed by atoms with Crippen LogP contribution in [0.15, 0.2) is 54.9 Å². The van der Waals surface area contributed by atoms with Gasteiger partial charge in [-0.2, -0.15) is 17.0 Å². The van der Waals surface area contributed by atoms with Crippen LogP contribution in [-0.2, 0) is 26.2 Å². The van der Waals surface area contributed by atoms with Crippen molar-refractivity contribution in [1.82, 2.24) is 24.2 Å². The summed E-state index contributed by atoms with van der Waals surface area (Å²) in [5.41, 5.74) is 0.498. The predicted molar refractivity (Wildman–Crippen MR) is 178 cm³/mol. The second-order valence-corrected chi connectivity index (χ2v) is 15.0. The van der Waals surface area contributed by atoms with Crippen LogP contribution in [0.2, 0.25) is 0 Å². The molecule has 1 aliphatic carbocycles. The van der Waals surface area contributed by atoms with Crippen LogP contribution in [0, 0.1) is 29.2 Å². The van der Waals surface area contributed by atoms with Gasteiger partial charge in [-0.3, -0.25) is 14.6 Å². The summed E-state index contributed by atoms with van der Waals surface area (Å²) in [7, 11) is -3.64. The number of nitrogens with one attached hydrogen (secondary N) is 3. The van der Waals surface area contributed by atoms with Crippen LogP contribution < -0.4 is 16.0 Å². The Kier molecular flexibility index (Phi) is 11.2. The summed E-state index contributed by atoms with van der Waals surface area (Å²) in [6, 6.07) is 6.01. The molecule has 15 heteroatoms. The molecule has 3 N–H and O–H groups in total. The Bertz CT molecular complexity index is 1780. The minimum atomic E-state index is -3.64. The van der Waals surface area contributed by atoms with Crippen molar-refractivity contribution < 1.29 is 35.6 Å². The fourth-order valence-electron chi connectivity index (χ4n) is 6.83. The predicted octanol–water partition coefficient (Wildman–Crippen LogP) is 4.24. The number of benzene rings is 2. The molecule has 1 aromatic heterocycles. The number of nitrogens with zero attached hydrogens (tertiary/aromatic N) is 3. The average molecular weight is 717 g/mol. The molecule has 3 aliphatic rings. The highest BCUT2D eigenvalue weighted by atomic mass is 32.2. The lowest BCUT2D eigenvalue weighted by Gasteiger charge is -2.37. The van der Waals surface area contributed by atoms with Gasteiger partial charge in [-0.25, -0.2) is 17.6 Å². The van der Waals surface area contributed by atoms with Crippen LogP contribution in [-0.4, -0.2) is 78.6 Å². The third kappa shape index (κ3) is 8.33. The second-order valence-electron chi connectivity index (χ2n) is 13.1. The summed E-state index contributed by atoms with van der Waals surface area (Å²) in [6.45, 7) is 2.28. The van der Waals surface area contributed by atoms with Gasteiger partial charge in [-0.15, -0.1) is 0 Å². The van der Waals surface area contributed by atoms with E-state index < -0.39 is 57.3 Å². The van der Waals surface area contributed by atoms with Crippen molar-refractivity contribution in [3.05, 3.63) is 94.8 Å². The number of amides is 2. The van der Waals surface area contributed by atoms with E-state index in [1.807, 2.05) is 0 Å². The van der Waals surface area contributed by atoms with Crippen molar-refractivity contribution in [3.63, 3.8) is 0 Å². The lowest BCUT2D eigenvalue weighted by molar-refractivity contribution is -0.127. The Morgan fingerprint density at radius 2 is 1.62 bits per heavy atom. The average Bonchev–Trinajstić information content (AvgIpc) is 3.78. The lowest BCUT2D eigenvalue weighted by Crippen LogP contribution is -2.56. The largest absolute Gasteiger partial charge is 0.343 e. The monoisotopic (exact) mass is 716 g/mol. The van der Waals surface area contributed by atoms with Gasteiger partial charge in [0.15, 0.2) is 0 Å². The Labute approximate surface area is 288 Å². The smallest absolute Gasteiger partial charge is 0.282 e. The van der Waals surface area contributed by atoms with Crippen LogP contribution in [0.3, 0.4) is 0 Å². The van der Waals surface area contributed by atoms with Crippen molar-refractivity contribution in [3.8, 4) is 0 Å². The molecule has 0 bridgehead atoms. The Hall–Kier alpha value is -3.92. The van der Waals surface area contributed by atoms with E-state index in [9.17, 15) is 31.2 Å². The van der Waals surface area contributed by atoms with Gasteiger partial charge in [-0.05, 0) is 80.3 Å². The Balaban J connectivity index is 1.25. The van der Waals surface area contributed by atoms with Gasteiger partial charge in [0.05, 0.1) is 18.1 Å². The number of aromatic nitrogens is 1. The summed E-state index contributed by atoms with van der Waals surface area (Å²) in [5.74, 6) is -5.79. The van der Waals surface area contributed by atoms with Crippen LogP contribution in [0.25, 0.3) is 0 Å². The molecule has 50 heavy (non-hydrogen) atoms. The molecule has 268 valence electrons. The first-order chi connectivity index (χ1) is 24.0. The van der Waals surface area contributed by atoms with Crippen LogP contribution in [0.1, 0.15) is 61.1 Å². The van der Waals surface area contributed by atoms with E-state index in [-0.39, 0.29) is 35.2 Å². The van der Waals surface area contributed by atoms with Crippen molar-refractivity contribution in [2.24, 2.45) is 5.92 Å². The van der Waals surface area contributed by atoms with Gasteiger partial charge in [-0.1, -0.05) is 12.1 Å². The molecule has 2 amide bonds. The molecule has 3 fully saturated rings. The molecule has 3 atom stereocenters. The zero-order valence-corrected chi connectivity index (χ0v) is 28.2. The number of pyridine rings is 1. The third-order valence-corrected chi connectivity index (χ3v) is 11.6. The Morgan fingerprint density at radius 1 is 0.920 bits per heavy atom. The minimum Gasteiger partial charge on any atom is -0.343 e. The van der Waals surface area contributed by atoms with Gasteiger partial charge in [0.2, 0.25) is 11.8 Å². The van der Waals surface area contributed by atoms with Crippen LogP contribution >= 0.6 is 0 Å². The molecule has 0 unspecified atom stereocenters. The van der Waals surface area contributed by atoms with Crippen LogP contribution in [0.4, 0.5) is 23.2 Å². The van der Waals surface area contributed by atoms with Crippen LogP contribution in [0.5, 0.6) is 0 Å². The normalized spacial score (nSPS) is 20.0. The van der Waals surface area contributed by atoms with Crippen molar-refractivity contribution >= 4 is 27.7 Å². The number of piperazine rings is 1. The van der Waals surface area contributed by atoms with E-state index in [1.54, 1.807) is 0 Å². The van der Waals surface area contributed by atoms with Gasteiger partial charge < -0.3 is 16.0 Å². The van der Waals surface area contributed by atoms with E-state index in [2.05, 4.69) is 20.9 Å². The number of anilines is 1. The minimum absolute atomic E-state index is 0.0254. The zero-order valence-electron chi connectivity index (χ0n) is 27.4. The highest BCUT2D eigenvalue weighted by molar-refractivity contribution is 7.86. The number of halogens is 4. The summed E-state index contributed by atoms with van der Waals surface area (Å²) in [5, 5.41) is 8.67. The molecule has 10 nitrogen and oxygen atoms in total.